The van der Waals surface area contributed by atoms with Crippen molar-refractivity contribution in [1.82, 2.24) is 4.98 Å². The minimum absolute atomic E-state index is 0.147. The Morgan fingerprint density at radius 3 is 2.76 bits per heavy atom. The summed E-state index contributed by atoms with van der Waals surface area (Å²) in [6.07, 6.45) is 1.48. The quantitative estimate of drug-likeness (QED) is 0.883. The summed E-state index contributed by atoms with van der Waals surface area (Å²) < 4.78 is 0. The highest BCUT2D eigenvalue weighted by molar-refractivity contribution is 7.09. The van der Waals surface area contributed by atoms with Gasteiger partial charge in [0.2, 0.25) is 0 Å². The number of carboxylic acid groups (broad SMARTS) is 1. The van der Waals surface area contributed by atoms with E-state index in [9.17, 15) is 4.79 Å². The van der Waals surface area contributed by atoms with Crippen LogP contribution in [-0.2, 0) is 17.6 Å². The van der Waals surface area contributed by atoms with Crippen LogP contribution in [0.2, 0.25) is 0 Å². The predicted molar refractivity (Wildman–Crippen MR) is 67.3 cm³/mol. The maximum Gasteiger partial charge on any atom is 0.303 e. The molecular weight excluding hydrogens is 234 g/mol. The van der Waals surface area contributed by atoms with Crippen molar-refractivity contribution in [3.8, 4) is 0 Å². The molecule has 2 rings (SSSR count). The zero-order chi connectivity index (χ0) is 12.1. The van der Waals surface area contributed by atoms with Gasteiger partial charge in [-0.15, -0.1) is 11.3 Å². The van der Waals surface area contributed by atoms with E-state index in [1.165, 1.54) is 5.56 Å². The molecule has 0 saturated carbocycles. The minimum atomic E-state index is -0.775. The second kappa shape index (κ2) is 5.59. The van der Waals surface area contributed by atoms with Gasteiger partial charge in [0.1, 0.15) is 0 Å². The molecule has 1 aromatic carbocycles. The van der Waals surface area contributed by atoms with E-state index in [1.54, 1.807) is 11.3 Å². The van der Waals surface area contributed by atoms with Gasteiger partial charge in [0, 0.05) is 18.2 Å². The smallest absolute Gasteiger partial charge is 0.303 e. The third-order valence-corrected chi connectivity index (χ3v) is 3.29. The van der Waals surface area contributed by atoms with Crippen LogP contribution < -0.4 is 0 Å². The maximum absolute atomic E-state index is 10.4. The monoisotopic (exact) mass is 247 g/mol. The average molecular weight is 247 g/mol. The summed E-state index contributed by atoms with van der Waals surface area (Å²) in [5, 5.41) is 11.6. The Balaban J connectivity index is 1.97. The number of aryl methyl sites for hydroxylation is 1. The molecule has 1 heterocycles. The lowest BCUT2D eigenvalue weighted by Crippen LogP contribution is -1.97. The summed E-state index contributed by atoms with van der Waals surface area (Å²) in [6, 6.07) is 10.1. The van der Waals surface area contributed by atoms with Crippen molar-refractivity contribution < 1.29 is 9.90 Å². The zero-order valence-electron chi connectivity index (χ0n) is 9.30. The lowest BCUT2D eigenvalue weighted by Gasteiger charge is -1.96. The van der Waals surface area contributed by atoms with Crippen LogP contribution in [0.5, 0.6) is 0 Å². The molecule has 0 amide bonds. The molecule has 0 saturated heterocycles. The summed E-state index contributed by atoms with van der Waals surface area (Å²) in [6.45, 7) is 0. The van der Waals surface area contributed by atoms with Crippen LogP contribution in [0, 0.1) is 0 Å². The Hall–Kier alpha value is -1.68. The van der Waals surface area contributed by atoms with Crippen molar-refractivity contribution in [3.05, 3.63) is 52.0 Å². The Labute approximate surface area is 104 Å². The molecule has 0 unspecified atom stereocenters. The van der Waals surface area contributed by atoms with Gasteiger partial charge in [0.15, 0.2) is 0 Å². The molecule has 0 aliphatic rings. The molecule has 0 aliphatic carbocycles. The molecule has 1 aromatic heterocycles. The molecule has 1 N–H and O–H groups in total. The zero-order valence-corrected chi connectivity index (χ0v) is 10.1. The van der Waals surface area contributed by atoms with E-state index in [1.807, 2.05) is 23.6 Å². The van der Waals surface area contributed by atoms with Crippen LogP contribution >= 0.6 is 11.3 Å². The van der Waals surface area contributed by atoms with Gasteiger partial charge < -0.3 is 5.11 Å². The number of aliphatic carboxylic acids is 1. The number of carbonyl (C=O) groups is 1. The van der Waals surface area contributed by atoms with Crippen molar-refractivity contribution in [2.45, 2.75) is 19.3 Å². The van der Waals surface area contributed by atoms with Gasteiger partial charge in [-0.05, 0) is 5.56 Å². The third-order valence-electron chi connectivity index (χ3n) is 2.39. The van der Waals surface area contributed by atoms with Crippen LogP contribution in [0.1, 0.15) is 22.7 Å². The van der Waals surface area contributed by atoms with Crippen LogP contribution in [0.25, 0.3) is 0 Å². The number of aromatic nitrogens is 1. The van der Waals surface area contributed by atoms with Crippen molar-refractivity contribution in [3.63, 3.8) is 0 Å². The minimum Gasteiger partial charge on any atom is -0.481 e. The number of nitrogens with zero attached hydrogens (tertiary/aromatic N) is 1. The fourth-order valence-corrected chi connectivity index (χ4v) is 2.41. The number of rotatable bonds is 5. The fourth-order valence-electron chi connectivity index (χ4n) is 1.55. The number of hydrogen-bond acceptors (Lipinski definition) is 3. The first-order chi connectivity index (χ1) is 8.24. The van der Waals surface area contributed by atoms with E-state index >= 15 is 0 Å². The van der Waals surface area contributed by atoms with Gasteiger partial charge in [0.25, 0.3) is 0 Å². The van der Waals surface area contributed by atoms with E-state index in [4.69, 9.17) is 5.11 Å². The predicted octanol–water partition coefficient (Wildman–Crippen LogP) is 2.75. The molecule has 0 bridgehead atoms. The average Bonchev–Trinajstić information content (AvgIpc) is 2.75. The Bertz CT molecular complexity index is 493. The van der Waals surface area contributed by atoms with Gasteiger partial charge in [-0.2, -0.15) is 0 Å². The van der Waals surface area contributed by atoms with E-state index in [2.05, 4.69) is 17.1 Å². The maximum atomic E-state index is 10.4. The van der Waals surface area contributed by atoms with E-state index in [0.717, 1.165) is 17.1 Å². The highest BCUT2D eigenvalue weighted by Crippen LogP contribution is 2.15. The van der Waals surface area contributed by atoms with Crippen molar-refractivity contribution >= 4 is 17.3 Å². The van der Waals surface area contributed by atoms with Crippen LogP contribution in [0.4, 0.5) is 0 Å². The molecule has 0 aliphatic heterocycles. The number of carboxylic acids is 1. The number of hydrogen-bond donors (Lipinski definition) is 1. The highest BCUT2D eigenvalue weighted by Gasteiger charge is 2.05. The first-order valence-electron chi connectivity index (χ1n) is 5.43. The summed E-state index contributed by atoms with van der Waals surface area (Å²) in [4.78, 5) is 14.9. The van der Waals surface area contributed by atoms with E-state index < -0.39 is 5.97 Å². The molecule has 0 radical (unpaired) electrons. The van der Waals surface area contributed by atoms with Gasteiger partial charge in [-0.25, -0.2) is 4.98 Å². The second-order valence-corrected chi connectivity index (χ2v) is 4.73. The van der Waals surface area contributed by atoms with Gasteiger partial charge in [-0.1, -0.05) is 30.3 Å². The molecular formula is C13H13NO2S. The normalized spacial score (nSPS) is 10.4. The summed E-state index contributed by atoms with van der Waals surface area (Å²) >= 11 is 1.59. The van der Waals surface area contributed by atoms with E-state index in [0.29, 0.717) is 6.42 Å². The van der Waals surface area contributed by atoms with Gasteiger partial charge in [0.05, 0.1) is 17.1 Å². The fraction of sp³-hybridized carbons (Fsp3) is 0.231. The van der Waals surface area contributed by atoms with Crippen LogP contribution in [0.3, 0.4) is 0 Å². The molecule has 0 atom stereocenters. The Kier molecular flexibility index (Phi) is 3.88. The van der Waals surface area contributed by atoms with Crippen molar-refractivity contribution in [2.24, 2.45) is 0 Å². The van der Waals surface area contributed by atoms with Gasteiger partial charge >= 0.3 is 5.97 Å². The lowest BCUT2D eigenvalue weighted by atomic mass is 10.2. The largest absolute Gasteiger partial charge is 0.481 e. The van der Waals surface area contributed by atoms with Crippen molar-refractivity contribution in [2.75, 3.05) is 0 Å². The Morgan fingerprint density at radius 2 is 2.06 bits per heavy atom. The summed E-state index contributed by atoms with van der Waals surface area (Å²) in [5.74, 6) is -0.775. The SMILES string of the molecule is O=C(O)CCc1csc(Cc2ccccc2)n1. The molecule has 17 heavy (non-hydrogen) atoms. The van der Waals surface area contributed by atoms with Crippen LogP contribution in [0.15, 0.2) is 35.7 Å². The summed E-state index contributed by atoms with van der Waals surface area (Å²) in [5.41, 5.74) is 2.11. The number of benzene rings is 1. The number of thiazole rings is 1. The van der Waals surface area contributed by atoms with E-state index in [-0.39, 0.29) is 6.42 Å². The standard InChI is InChI=1S/C13H13NO2S/c15-13(16)7-6-11-9-17-12(14-11)8-10-4-2-1-3-5-10/h1-5,9H,6-8H2,(H,15,16). The topological polar surface area (TPSA) is 50.2 Å². The first-order valence-corrected chi connectivity index (χ1v) is 6.31. The second-order valence-electron chi connectivity index (χ2n) is 3.79. The highest BCUT2D eigenvalue weighted by atomic mass is 32.1. The molecule has 3 nitrogen and oxygen atoms in total. The summed E-state index contributed by atoms with van der Waals surface area (Å²) in [7, 11) is 0. The first kappa shape index (κ1) is 11.8. The molecule has 0 fully saturated rings. The molecule has 88 valence electrons. The van der Waals surface area contributed by atoms with Gasteiger partial charge in [-0.3, -0.25) is 4.79 Å². The lowest BCUT2D eigenvalue weighted by molar-refractivity contribution is -0.136. The molecule has 4 heteroatoms. The van der Waals surface area contributed by atoms with Crippen molar-refractivity contribution in [1.29, 1.82) is 0 Å². The molecule has 2 aromatic rings. The Morgan fingerprint density at radius 1 is 1.29 bits per heavy atom. The third kappa shape index (κ3) is 3.67. The van der Waals surface area contributed by atoms with Crippen LogP contribution in [-0.4, -0.2) is 16.1 Å². The molecule has 0 spiro atoms.